The molecule has 0 aliphatic carbocycles. The Bertz CT molecular complexity index is 385. The highest BCUT2D eigenvalue weighted by Gasteiger charge is 2.06. The highest BCUT2D eigenvalue weighted by molar-refractivity contribution is 9.10. The van der Waals surface area contributed by atoms with E-state index in [0.717, 1.165) is 6.42 Å². The average Bonchev–Trinajstić information content (AvgIpc) is 2.28. The molecule has 0 unspecified atom stereocenters. The Hall–Kier alpha value is -0.940. The molecule has 1 aromatic carbocycles. The van der Waals surface area contributed by atoms with E-state index in [9.17, 15) is 9.18 Å². The predicted octanol–water partition coefficient (Wildman–Crippen LogP) is 3.34. The summed E-state index contributed by atoms with van der Waals surface area (Å²) in [5.41, 5.74) is 0.562. The third-order valence-electron chi connectivity index (χ3n) is 2.03. The fourth-order valence-electron chi connectivity index (χ4n) is 1.21. The van der Waals surface area contributed by atoms with Crippen molar-refractivity contribution in [3.05, 3.63) is 28.5 Å². The first-order valence-corrected chi connectivity index (χ1v) is 6.25. The molecule has 3 nitrogen and oxygen atoms in total. The van der Waals surface area contributed by atoms with Gasteiger partial charge in [0, 0.05) is 11.1 Å². The number of anilines is 1. The van der Waals surface area contributed by atoms with Crippen LogP contribution in [0.3, 0.4) is 0 Å². The minimum atomic E-state index is -0.346. The maximum absolute atomic E-state index is 12.8. The zero-order chi connectivity index (χ0) is 12.7. The summed E-state index contributed by atoms with van der Waals surface area (Å²) in [5.74, 6) is -0.491. The monoisotopic (exact) mass is 303 g/mol. The van der Waals surface area contributed by atoms with E-state index in [0.29, 0.717) is 29.8 Å². The number of amides is 1. The highest BCUT2D eigenvalue weighted by atomic mass is 79.9. The van der Waals surface area contributed by atoms with Gasteiger partial charge in [0.2, 0.25) is 5.91 Å². The summed E-state index contributed by atoms with van der Waals surface area (Å²) < 4.78 is 18.5. The van der Waals surface area contributed by atoms with Crippen LogP contribution in [0.2, 0.25) is 0 Å². The third-order valence-corrected chi connectivity index (χ3v) is 2.68. The van der Waals surface area contributed by atoms with E-state index in [1.807, 2.05) is 6.92 Å². The molecule has 0 aromatic heterocycles. The molecule has 0 saturated carbocycles. The van der Waals surface area contributed by atoms with Crippen molar-refractivity contribution in [1.29, 1.82) is 0 Å². The summed E-state index contributed by atoms with van der Waals surface area (Å²) in [5, 5.41) is 2.68. The van der Waals surface area contributed by atoms with Crippen molar-refractivity contribution in [1.82, 2.24) is 0 Å². The number of halogens is 2. The summed E-state index contributed by atoms with van der Waals surface area (Å²) >= 11 is 3.18. The van der Waals surface area contributed by atoms with Crippen LogP contribution in [0, 0.1) is 5.82 Å². The van der Waals surface area contributed by atoms with Crippen molar-refractivity contribution in [3.63, 3.8) is 0 Å². The first-order valence-electron chi connectivity index (χ1n) is 5.46. The average molecular weight is 304 g/mol. The molecule has 17 heavy (non-hydrogen) atoms. The van der Waals surface area contributed by atoms with Gasteiger partial charge in [-0.25, -0.2) is 4.39 Å². The summed E-state index contributed by atoms with van der Waals surface area (Å²) in [7, 11) is 0. The second-order valence-corrected chi connectivity index (χ2v) is 4.39. The van der Waals surface area contributed by atoms with Crippen LogP contribution in [0.15, 0.2) is 22.7 Å². The number of hydrogen-bond donors (Lipinski definition) is 1. The first-order chi connectivity index (χ1) is 8.13. The Morgan fingerprint density at radius 2 is 2.24 bits per heavy atom. The van der Waals surface area contributed by atoms with Crippen molar-refractivity contribution in [2.24, 2.45) is 0 Å². The van der Waals surface area contributed by atoms with Gasteiger partial charge in [0.1, 0.15) is 5.82 Å². The van der Waals surface area contributed by atoms with Crippen LogP contribution in [-0.4, -0.2) is 19.1 Å². The summed E-state index contributed by atoms with van der Waals surface area (Å²) in [6, 6.07) is 4.13. The molecule has 0 aliphatic heterocycles. The van der Waals surface area contributed by atoms with Gasteiger partial charge in [-0.3, -0.25) is 4.79 Å². The van der Waals surface area contributed by atoms with Gasteiger partial charge in [0.25, 0.3) is 0 Å². The van der Waals surface area contributed by atoms with Crippen LogP contribution in [0.1, 0.15) is 19.8 Å². The van der Waals surface area contributed by atoms with E-state index in [1.165, 1.54) is 18.2 Å². The van der Waals surface area contributed by atoms with Gasteiger partial charge in [-0.05, 0) is 40.5 Å². The van der Waals surface area contributed by atoms with E-state index in [1.54, 1.807) is 0 Å². The second kappa shape index (κ2) is 7.40. The van der Waals surface area contributed by atoms with Crippen molar-refractivity contribution in [2.75, 3.05) is 18.5 Å². The zero-order valence-electron chi connectivity index (χ0n) is 9.63. The Morgan fingerprint density at radius 1 is 1.47 bits per heavy atom. The van der Waals surface area contributed by atoms with E-state index >= 15 is 0 Å². The maximum atomic E-state index is 12.8. The van der Waals surface area contributed by atoms with Crippen LogP contribution >= 0.6 is 15.9 Å². The summed E-state index contributed by atoms with van der Waals surface area (Å²) in [4.78, 5) is 11.5. The molecule has 1 aromatic rings. The summed E-state index contributed by atoms with van der Waals surface area (Å²) in [6.45, 7) is 3.07. The van der Waals surface area contributed by atoms with Gasteiger partial charge in [-0.15, -0.1) is 0 Å². The molecular formula is C12H15BrFNO2. The number of benzene rings is 1. The van der Waals surface area contributed by atoms with Crippen LogP contribution in [0.4, 0.5) is 10.1 Å². The van der Waals surface area contributed by atoms with Crippen LogP contribution < -0.4 is 5.32 Å². The molecule has 1 rings (SSSR count). The van der Waals surface area contributed by atoms with Crippen molar-refractivity contribution in [2.45, 2.75) is 19.8 Å². The normalized spacial score (nSPS) is 10.3. The Balaban J connectivity index is 2.40. The Kier molecular flexibility index (Phi) is 6.15. The largest absolute Gasteiger partial charge is 0.381 e. The molecule has 0 atom stereocenters. The minimum Gasteiger partial charge on any atom is -0.381 e. The lowest BCUT2D eigenvalue weighted by molar-refractivity contribution is -0.117. The smallest absolute Gasteiger partial charge is 0.226 e. The standard InChI is InChI=1S/C12H15BrFNO2/c1-2-6-17-7-5-12(16)15-11-4-3-9(14)8-10(11)13/h3-4,8H,2,5-7H2,1H3,(H,15,16). The van der Waals surface area contributed by atoms with Gasteiger partial charge >= 0.3 is 0 Å². The fourth-order valence-corrected chi connectivity index (χ4v) is 1.66. The molecule has 94 valence electrons. The Labute approximate surface area is 108 Å². The van der Waals surface area contributed by atoms with Crippen molar-refractivity contribution in [3.8, 4) is 0 Å². The first kappa shape index (κ1) is 14.1. The van der Waals surface area contributed by atoms with E-state index < -0.39 is 0 Å². The van der Waals surface area contributed by atoms with Gasteiger partial charge in [-0.2, -0.15) is 0 Å². The zero-order valence-corrected chi connectivity index (χ0v) is 11.2. The van der Waals surface area contributed by atoms with Crippen molar-refractivity contribution >= 4 is 27.5 Å². The molecule has 0 spiro atoms. The Morgan fingerprint density at radius 3 is 2.88 bits per heavy atom. The lowest BCUT2D eigenvalue weighted by Crippen LogP contribution is -2.14. The number of rotatable bonds is 6. The molecule has 0 bridgehead atoms. The van der Waals surface area contributed by atoms with E-state index in [2.05, 4.69) is 21.2 Å². The molecule has 0 saturated heterocycles. The van der Waals surface area contributed by atoms with E-state index in [4.69, 9.17) is 4.74 Å². The second-order valence-electron chi connectivity index (χ2n) is 3.53. The predicted molar refractivity (Wildman–Crippen MR) is 68.5 cm³/mol. The molecule has 0 aliphatic rings. The SMILES string of the molecule is CCCOCCC(=O)Nc1ccc(F)cc1Br. The molecule has 5 heteroatoms. The molecule has 0 radical (unpaired) electrons. The molecular weight excluding hydrogens is 289 g/mol. The number of carbonyl (C=O) groups excluding carboxylic acids is 1. The van der Waals surface area contributed by atoms with Gasteiger partial charge in [0.05, 0.1) is 18.7 Å². The summed E-state index contributed by atoms with van der Waals surface area (Å²) in [6.07, 6.45) is 1.23. The maximum Gasteiger partial charge on any atom is 0.226 e. The van der Waals surface area contributed by atoms with Crippen LogP contribution in [-0.2, 0) is 9.53 Å². The number of hydrogen-bond acceptors (Lipinski definition) is 2. The third kappa shape index (κ3) is 5.28. The lowest BCUT2D eigenvalue weighted by atomic mass is 10.3. The fraction of sp³-hybridized carbons (Fsp3) is 0.417. The van der Waals surface area contributed by atoms with Gasteiger partial charge in [0.15, 0.2) is 0 Å². The number of carbonyl (C=O) groups is 1. The number of nitrogens with one attached hydrogen (secondary N) is 1. The van der Waals surface area contributed by atoms with Crippen LogP contribution in [0.25, 0.3) is 0 Å². The van der Waals surface area contributed by atoms with Gasteiger partial charge < -0.3 is 10.1 Å². The molecule has 1 N–H and O–H groups in total. The minimum absolute atomic E-state index is 0.145. The van der Waals surface area contributed by atoms with Crippen molar-refractivity contribution < 1.29 is 13.9 Å². The highest BCUT2D eigenvalue weighted by Crippen LogP contribution is 2.23. The molecule has 0 fully saturated rings. The van der Waals surface area contributed by atoms with Gasteiger partial charge in [-0.1, -0.05) is 6.92 Å². The lowest BCUT2D eigenvalue weighted by Gasteiger charge is -2.07. The molecule has 1 amide bonds. The van der Waals surface area contributed by atoms with E-state index in [-0.39, 0.29) is 11.7 Å². The van der Waals surface area contributed by atoms with Crippen LogP contribution in [0.5, 0.6) is 0 Å². The molecule has 0 heterocycles. The number of ether oxygens (including phenoxy) is 1. The quantitative estimate of drug-likeness (QED) is 0.819. The topological polar surface area (TPSA) is 38.3 Å².